The number of carboxylic acids is 1. The van der Waals surface area contributed by atoms with Crippen LogP contribution in [0.25, 0.3) is 0 Å². The number of benzene rings is 2. The summed E-state index contributed by atoms with van der Waals surface area (Å²) in [4.78, 5) is 11.2. The van der Waals surface area contributed by atoms with Crippen molar-refractivity contribution in [3.05, 3.63) is 64.7 Å². The van der Waals surface area contributed by atoms with Gasteiger partial charge >= 0.3 is 5.97 Å². The topological polar surface area (TPSA) is 49.3 Å². The summed E-state index contributed by atoms with van der Waals surface area (Å²) in [7, 11) is 0. The molecule has 0 saturated heterocycles. The third kappa shape index (κ3) is 2.92. The second-order valence-corrected chi connectivity index (χ2v) is 5.47. The lowest BCUT2D eigenvalue weighted by Gasteiger charge is -2.20. The van der Waals surface area contributed by atoms with Crippen LogP contribution in [0, 0.1) is 0 Å². The molecule has 0 radical (unpaired) electrons. The Morgan fingerprint density at radius 2 is 1.86 bits per heavy atom. The number of aromatic carboxylic acids is 1. The Hall–Kier alpha value is -2.29. The van der Waals surface area contributed by atoms with Gasteiger partial charge in [-0.25, -0.2) is 4.79 Å². The molecule has 21 heavy (non-hydrogen) atoms. The summed E-state index contributed by atoms with van der Waals surface area (Å²) >= 11 is 0. The lowest BCUT2D eigenvalue weighted by Crippen LogP contribution is -2.10. The van der Waals surface area contributed by atoms with Crippen molar-refractivity contribution in [2.24, 2.45) is 0 Å². The quantitative estimate of drug-likeness (QED) is 0.894. The van der Waals surface area contributed by atoms with Gasteiger partial charge in [-0.3, -0.25) is 0 Å². The SMILES string of the molecule is O=C(O)c1ccccc1CNc1cccc2c1CCCC2. The molecule has 3 rings (SSSR count). The van der Waals surface area contributed by atoms with E-state index in [1.807, 2.05) is 12.1 Å². The van der Waals surface area contributed by atoms with Crippen LogP contribution >= 0.6 is 0 Å². The Balaban J connectivity index is 1.81. The summed E-state index contributed by atoms with van der Waals surface area (Å²) in [6.45, 7) is 0.541. The van der Waals surface area contributed by atoms with Crippen LogP contribution in [0.2, 0.25) is 0 Å². The zero-order valence-electron chi connectivity index (χ0n) is 11.9. The van der Waals surface area contributed by atoms with Crippen molar-refractivity contribution in [3.8, 4) is 0 Å². The summed E-state index contributed by atoms with van der Waals surface area (Å²) in [6, 6.07) is 13.5. The van der Waals surface area contributed by atoms with Gasteiger partial charge in [0.1, 0.15) is 0 Å². The van der Waals surface area contributed by atoms with Crippen LogP contribution in [0.4, 0.5) is 5.69 Å². The van der Waals surface area contributed by atoms with Gasteiger partial charge in [0.15, 0.2) is 0 Å². The summed E-state index contributed by atoms with van der Waals surface area (Å²) in [5.41, 5.74) is 5.16. The number of nitrogens with one attached hydrogen (secondary N) is 1. The van der Waals surface area contributed by atoms with Gasteiger partial charge in [-0.05, 0) is 54.5 Å². The number of fused-ring (bicyclic) bond motifs is 1. The highest BCUT2D eigenvalue weighted by Crippen LogP contribution is 2.28. The highest BCUT2D eigenvalue weighted by molar-refractivity contribution is 5.89. The van der Waals surface area contributed by atoms with Crippen molar-refractivity contribution >= 4 is 11.7 Å². The third-order valence-corrected chi connectivity index (χ3v) is 4.11. The van der Waals surface area contributed by atoms with Crippen LogP contribution in [-0.2, 0) is 19.4 Å². The Morgan fingerprint density at radius 3 is 2.71 bits per heavy atom. The molecule has 0 unspecified atom stereocenters. The first-order valence-electron chi connectivity index (χ1n) is 7.41. The molecular weight excluding hydrogens is 262 g/mol. The van der Waals surface area contributed by atoms with E-state index in [1.165, 1.54) is 24.0 Å². The van der Waals surface area contributed by atoms with Crippen molar-refractivity contribution in [1.29, 1.82) is 0 Å². The molecule has 0 amide bonds. The molecule has 1 aliphatic rings. The fourth-order valence-corrected chi connectivity index (χ4v) is 3.02. The summed E-state index contributed by atoms with van der Waals surface area (Å²) < 4.78 is 0. The third-order valence-electron chi connectivity index (χ3n) is 4.11. The minimum atomic E-state index is -0.873. The van der Waals surface area contributed by atoms with Gasteiger partial charge in [-0.1, -0.05) is 30.3 Å². The molecular formula is C18H19NO2. The summed E-state index contributed by atoms with van der Waals surface area (Å²) in [6.07, 6.45) is 4.76. The fourth-order valence-electron chi connectivity index (χ4n) is 3.02. The molecule has 1 aliphatic carbocycles. The van der Waals surface area contributed by atoms with Crippen molar-refractivity contribution < 1.29 is 9.90 Å². The molecule has 108 valence electrons. The van der Waals surface area contributed by atoms with E-state index in [1.54, 1.807) is 12.1 Å². The Kier molecular flexibility index (Phi) is 3.91. The molecule has 2 aromatic rings. The van der Waals surface area contributed by atoms with Gasteiger partial charge in [-0.15, -0.1) is 0 Å². The van der Waals surface area contributed by atoms with E-state index in [0.29, 0.717) is 12.1 Å². The summed E-state index contributed by atoms with van der Waals surface area (Å²) in [5, 5.41) is 12.6. The molecule has 0 atom stereocenters. The van der Waals surface area contributed by atoms with E-state index in [4.69, 9.17) is 0 Å². The lowest BCUT2D eigenvalue weighted by atomic mass is 9.90. The van der Waals surface area contributed by atoms with E-state index < -0.39 is 5.97 Å². The average molecular weight is 281 g/mol. The molecule has 0 spiro atoms. The second-order valence-electron chi connectivity index (χ2n) is 5.47. The van der Waals surface area contributed by atoms with Crippen molar-refractivity contribution in [2.45, 2.75) is 32.2 Å². The molecule has 3 heteroatoms. The number of aryl methyl sites for hydroxylation is 1. The number of hydrogen-bond acceptors (Lipinski definition) is 2. The van der Waals surface area contributed by atoms with Crippen molar-refractivity contribution in [3.63, 3.8) is 0 Å². The first kappa shape index (κ1) is 13.7. The van der Waals surface area contributed by atoms with Crippen LogP contribution < -0.4 is 5.32 Å². The van der Waals surface area contributed by atoms with E-state index >= 15 is 0 Å². The van der Waals surface area contributed by atoms with Crippen LogP contribution in [0.5, 0.6) is 0 Å². The van der Waals surface area contributed by atoms with E-state index in [0.717, 1.165) is 24.1 Å². The van der Waals surface area contributed by atoms with Crippen molar-refractivity contribution in [1.82, 2.24) is 0 Å². The number of rotatable bonds is 4. The standard InChI is InChI=1S/C18H19NO2/c20-18(21)16-10-4-2-7-14(16)12-19-17-11-5-8-13-6-1-3-9-15(13)17/h2,4-5,7-8,10-11,19H,1,3,6,9,12H2,(H,20,21). The predicted octanol–water partition coefficient (Wildman–Crippen LogP) is 3.88. The molecule has 2 N–H and O–H groups in total. The Labute approximate surface area is 124 Å². The zero-order chi connectivity index (χ0) is 14.7. The first-order chi connectivity index (χ1) is 10.3. The average Bonchev–Trinajstić information content (AvgIpc) is 2.53. The fraction of sp³-hybridized carbons (Fsp3) is 0.278. The van der Waals surface area contributed by atoms with E-state index in [-0.39, 0.29) is 0 Å². The first-order valence-corrected chi connectivity index (χ1v) is 7.41. The van der Waals surface area contributed by atoms with Crippen molar-refractivity contribution in [2.75, 3.05) is 5.32 Å². The maximum Gasteiger partial charge on any atom is 0.336 e. The second kappa shape index (κ2) is 6.00. The maximum atomic E-state index is 11.2. The maximum absolute atomic E-state index is 11.2. The molecule has 3 nitrogen and oxygen atoms in total. The number of carbonyl (C=O) groups is 1. The minimum absolute atomic E-state index is 0.370. The smallest absolute Gasteiger partial charge is 0.336 e. The molecule has 0 aliphatic heterocycles. The van der Waals surface area contributed by atoms with Gasteiger partial charge in [0.2, 0.25) is 0 Å². The van der Waals surface area contributed by atoms with Crippen LogP contribution in [-0.4, -0.2) is 11.1 Å². The van der Waals surface area contributed by atoms with Gasteiger partial charge in [0.05, 0.1) is 5.56 Å². The number of carboxylic acid groups (broad SMARTS) is 1. The molecule has 0 heterocycles. The summed E-state index contributed by atoms with van der Waals surface area (Å²) in [5.74, 6) is -0.873. The van der Waals surface area contributed by atoms with E-state index in [2.05, 4.69) is 23.5 Å². The molecule has 2 aromatic carbocycles. The van der Waals surface area contributed by atoms with Gasteiger partial charge < -0.3 is 10.4 Å². The lowest BCUT2D eigenvalue weighted by molar-refractivity contribution is 0.0696. The van der Waals surface area contributed by atoms with Crippen LogP contribution in [0.15, 0.2) is 42.5 Å². The molecule has 0 aromatic heterocycles. The zero-order valence-corrected chi connectivity index (χ0v) is 11.9. The highest BCUT2D eigenvalue weighted by atomic mass is 16.4. The highest BCUT2D eigenvalue weighted by Gasteiger charge is 2.13. The molecule has 0 bridgehead atoms. The largest absolute Gasteiger partial charge is 0.478 e. The number of anilines is 1. The monoisotopic (exact) mass is 281 g/mol. The Bertz CT molecular complexity index is 664. The minimum Gasteiger partial charge on any atom is -0.478 e. The number of hydrogen-bond donors (Lipinski definition) is 2. The predicted molar refractivity (Wildman–Crippen MR) is 83.8 cm³/mol. The van der Waals surface area contributed by atoms with Gasteiger partial charge in [0, 0.05) is 12.2 Å². The van der Waals surface area contributed by atoms with Gasteiger partial charge in [-0.2, -0.15) is 0 Å². The van der Waals surface area contributed by atoms with Gasteiger partial charge in [0.25, 0.3) is 0 Å². The normalized spacial score (nSPS) is 13.5. The van der Waals surface area contributed by atoms with Crippen LogP contribution in [0.1, 0.15) is 39.9 Å². The molecule has 0 fully saturated rings. The van der Waals surface area contributed by atoms with Crippen LogP contribution in [0.3, 0.4) is 0 Å². The Morgan fingerprint density at radius 1 is 1.05 bits per heavy atom. The molecule has 0 saturated carbocycles. The van der Waals surface area contributed by atoms with E-state index in [9.17, 15) is 9.90 Å².